The lowest BCUT2D eigenvalue weighted by molar-refractivity contribution is 0.632. The van der Waals surface area contributed by atoms with E-state index in [1.807, 2.05) is 0 Å². The monoisotopic (exact) mass is 392 g/mol. The summed E-state index contributed by atoms with van der Waals surface area (Å²) in [6, 6.07) is 6.43. The quantitative estimate of drug-likeness (QED) is 0.395. The van der Waals surface area contributed by atoms with Crippen LogP contribution < -0.4 is 15.6 Å². The highest BCUT2D eigenvalue weighted by Gasteiger charge is 2.15. The van der Waals surface area contributed by atoms with Crippen LogP contribution in [-0.4, -0.2) is 15.7 Å². The Bertz CT molecular complexity index is 1010. The molecule has 5 nitrogen and oxygen atoms in total. The Morgan fingerprint density at radius 2 is 2.04 bits per heavy atom. The van der Waals surface area contributed by atoms with E-state index >= 15 is 0 Å². The van der Waals surface area contributed by atoms with E-state index in [0.29, 0.717) is 27.8 Å². The summed E-state index contributed by atoms with van der Waals surface area (Å²) in [6.07, 6.45) is 2.37. The van der Waals surface area contributed by atoms with Gasteiger partial charge in [0.2, 0.25) is 0 Å². The van der Waals surface area contributed by atoms with Gasteiger partial charge in [0.25, 0.3) is 5.56 Å². The number of benzene rings is 2. The van der Waals surface area contributed by atoms with Crippen LogP contribution in [0.25, 0.3) is 10.9 Å². The zero-order valence-electron chi connectivity index (χ0n) is 14.3. The maximum atomic E-state index is 14.4. The van der Waals surface area contributed by atoms with Crippen molar-refractivity contribution in [1.29, 1.82) is 0 Å². The maximum Gasteiger partial charge on any atom is 0.258 e. The number of hydrogen-bond donors (Lipinski definition) is 3. The van der Waals surface area contributed by atoms with Crippen molar-refractivity contribution in [1.82, 2.24) is 9.97 Å². The van der Waals surface area contributed by atoms with E-state index < -0.39 is 5.82 Å². The van der Waals surface area contributed by atoms with E-state index in [-0.39, 0.29) is 16.3 Å². The van der Waals surface area contributed by atoms with Crippen LogP contribution in [0.15, 0.2) is 35.4 Å². The Morgan fingerprint density at radius 3 is 2.81 bits per heavy atom. The first kappa shape index (κ1) is 18.5. The summed E-state index contributed by atoms with van der Waals surface area (Å²) in [6.45, 7) is 3.86. The minimum Gasteiger partial charge on any atom is -0.352 e. The Kier molecular flexibility index (Phi) is 5.68. The van der Waals surface area contributed by atoms with Crippen LogP contribution >= 0.6 is 23.5 Å². The van der Waals surface area contributed by atoms with Crippen molar-refractivity contribution in [2.45, 2.75) is 20.3 Å². The van der Waals surface area contributed by atoms with Gasteiger partial charge in [-0.05, 0) is 43.2 Å². The first-order chi connectivity index (χ1) is 12.5. The molecule has 0 aliphatic rings. The minimum atomic E-state index is -0.472. The number of nitrogens with zero attached hydrogens (tertiary/aromatic N) is 1. The molecule has 0 atom stereocenters. The zero-order chi connectivity index (χ0) is 18.7. The maximum absolute atomic E-state index is 14.4. The highest BCUT2D eigenvalue weighted by atomic mass is 35.5. The summed E-state index contributed by atoms with van der Waals surface area (Å²) in [5.74, 6) is 0.441. The van der Waals surface area contributed by atoms with E-state index in [0.717, 1.165) is 12.2 Å². The lowest BCUT2D eigenvalue weighted by Crippen LogP contribution is -2.09. The number of rotatable bonds is 6. The zero-order valence-corrected chi connectivity index (χ0v) is 15.9. The number of halogens is 2. The predicted octanol–water partition coefficient (Wildman–Crippen LogP) is 5.24. The van der Waals surface area contributed by atoms with Gasteiger partial charge in [0.1, 0.15) is 5.82 Å². The standard InChI is InChI=1S/C18H18ClFN4OS/c1-3-8-26-24-14-5-4-11(20)17(16(14)19)23-12-6-7-13-15(10(12)2)18(25)22-9-21-13/h4-7,9,23-24H,3,8H2,1-2H3,(H,21,22,25). The molecule has 0 radical (unpaired) electrons. The van der Waals surface area contributed by atoms with Crippen molar-refractivity contribution in [2.24, 2.45) is 0 Å². The molecule has 3 N–H and O–H groups in total. The van der Waals surface area contributed by atoms with Gasteiger partial charge in [0.05, 0.1) is 33.6 Å². The molecular weight excluding hydrogens is 375 g/mol. The third-order valence-electron chi connectivity index (χ3n) is 3.91. The molecule has 136 valence electrons. The van der Waals surface area contributed by atoms with E-state index in [1.165, 1.54) is 24.3 Å². The van der Waals surface area contributed by atoms with Crippen LogP contribution in [0.2, 0.25) is 5.02 Å². The molecule has 3 aromatic rings. The van der Waals surface area contributed by atoms with Crippen molar-refractivity contribution in [3.63, 3.8) is 0 Å². The fourth-order valence-electron chi connectivity index (χ4n) is 2.57. The van der Waals surface area contributed by atoms with Crippen LogP contribution in [0.4, 0.5) is 21.5 Å². The van der Waals surface area contributed by atoms with E-state index in [1.54, 1.807) is 25.1 Å². The third-order valence-corrected chi connectivity index (χ3v) is 5.28. The number of fused-ring (bicyclic) bond motifs is 1. The summed E-state index contributed by atoms with van der Waals surface area (Å²) >= 11 is 7.90. The van der Waals surface area contributed by atoms with E-state index in [2.05, 4.69) is 26.9 Å². The molecule has 0 spiro atoms. The topological polar surface area (TPSA) is 69.8 Å². The van der Waals surface area contributed by atoms with Gasteiger partial charge in [-0.1, -0.05) is 30.5 Å². The van der Waals surface area contributed by atoms with Crippen molar-refractivity contribution in [3.8, 4) is 0 Å². The lowest BCUT2D eigenvalue weighted by Gasteiger charge is -2.16. The van der Waals surface area contributed by atoms with E-state index in [4.69, 9.17) is 11.6 Å². The average Bonchev–Trinajstić information content (AvgIpc) is 2.62. The largest absolute Gasteiger partial charge is 0.352 e. The lowest BCUT2D eigenvalue weighted by atomic mass is 10.1. The number of aromatic nitrogens is 2. The van der Waals surface area contributed by atoms with Gasteiger partial charge in [-0.15, -0.1) is 0 Å². The van der Waals surface area contributed by atoms with Crippen LogP contribution in [0.1, 0.15) is 18.9 Å². The second-order valence-electron chi connectivity index (χ2n) is 5.72. The van der Waals surface area contributed by atoms with Gasteiger partial charge >= 0.3 is 0 Å². The molecule has 1 heterocycles. The molecule has 0 amide bonds. The second kappa shape index (κ2) is 7.97. The second-order valence-corrected chi connectivity index (χ2v) is 7.00. The number of aryl methyl sites for hydroxylation is 1. The fraction of sp³-hybridized carbons (Fsp3) is 0.222. The molecule has 26 heavy (non-hydrogen) atoms. The summed E-state index contributed by atoms with van der Waals surface area (Å²) < 4.78 is 17.5. The van der Waals surface area contributed by atoms with Gasteiger partial charge in [-0.25, -0.2) is 9.37 Å². The van der Waals surface area contributed by atoms with Gasteiger partial charge in [0.15, 0.2) is 0 Å². The summed E-state index contributed by atoms with van der Waals surface area (Å²) in [7, 11) is 0. The van der Waals surface area contributed by atoms with Crippen LogP contribution in [0, 0.1) is 12.7 Å². The number of aromatic amines is 1. The first-order valence-corrected chi connectivity index (χ1v) is 9.49. The normalized spacial score (nSPS) is 10.9. The molecule has 0 aliphatic heterocycles. The molecule has 0 fully saturated rings. The van der Waals surface area contributed by atoms with Crippen molar-refractivity contribution in [2.75, 3.05) is 15.8 Å². The third kappa shape index (κ3) is 3.64. The Balaban J connectivity index is 2.00. The Morgan fingerprint density at radius 1 is 1.27 bits per heavy atom. The summed E-state index contributed by atoms with van der Waals surface area (Å²) in [4.78, 5) is 18.8. The average molecular weight is 393 g/mol. The number of H-pyrrole nitrogens is 1. The molecule has 0 aliphatic carbocycles. The van der Waals surface area contributed by atoms with Crippen molar-refractivity contribution < 1.29 is 4.39 Å². The molecule has 0 bridgehead atoms. The summed E-state index contributed by atoms with van der Waals surface area (Å²) in [5.41, 5.74) is 2.40. The first-order valence-electron chi connectivity index (χ1n) is 8.12. The molecule has 2 aromatic carbocycles. The molecule has 0 unspecified atom stereocenters. The molecule has 0 saturated carbocycles. The van der Waals surface area contributed by atoms with Gasteiger partial charge in [-0.3, -0.25) is 4.79 Å². The molecular formula is C18H18ClFN4OS. The fourth-order valence-corrected chi connectivity index (χ4v) is 3.51. The number of hydrogen-bond acceptors (Lipinski definition) is 5. The molecule has 0 saturated heterocycles. The molecule has 1 aromatic heterocycles. The van der Waals surface area contributed by atoms with E-state index in [9.17, 15) is 9.18 Å². The highest BCUT2D eigenvalue weighted by molar-refractivity contribution is 8.00. The molecule has 8 heteroatoms. The van der Waals surface area contributed by atoms with Gasteiger partial charge < -0.3 is 15.0 Å². The number of anilines is 3. The predicted molar refractivity (Wildman–Crippen MR) is 108 cm³/mol. The van der Waals surface area contributed by atoms with Crippen LogP contribution in [0.5, 0.6) is 0 Å². The minimum absolute atomic E-state index is 0.163. The molecule has 3 rings (SSSR count). The summed E-state index contributed by atoms with van der Waals surface area (Å²) in [5, 5.41) is 3.74. The Hall–Kier alpha value is -2.25. The van der Waals surface area contributed by atoms with Crippen molar-refractivity contribution in [3.05, 3.63) is 57.3 Å². The van der Waals surface area contributed by atoms with Gasteiger partial charge in [-0.2, -0.15) is 0 Å². The van der Waals surface area contributed by atoms with Gasteiger partial charge in [0, 0.05) is 11.4 Å². The van der Waals surface area contributed by atoms with Crippen molar-refractivity contribution >= 4 is 51.5 Å². The van der Waals surface area contributed by atoms with Crippen LogP contribution in [-0.2, 0) is 0 Å². The smallest absolute Gasteiger partial charge is 0.258 e. The number of nitrogens with one attached hydrogen (secondary N) is 3. The highest BCUT2D eigenvalue weighted by Crippen LogP contribution is 2.37. The Labute approximate surface area is 159 Å². The SMILES string of the molecule is CCCSNc1ccc(F)c(Nc2ccc3nc[nH]c(=O)c3c2C)c1Cl. The van der Waals surface area contributed by atoms with Crippen LogP contribution in [0.3, 0.4) is 0 Å².